The zero-order chi connectivity index (χ0) is 19.0. The lowest BCUT2D eigenvalue weighted by Gasteiger charge is -2.08. The van der Waals surface area contributed by atoms with Gasteiger partial charge in [-0.05, 0) is 51.1 Å². The minimum Gasteiger partial charge on any atom is -0.361 e. The zero-order valence-electron chi connectivity index (χ0n) is 15.5. The molecule has 1 N–H and O–H groups in total. The van der Waals surface area contributed by atoms with E-state index in [-0.39, 0.29) is 12.3 Å². The number of rotatable bonds is 4. The number of carbonyl (C=O) groups is 1. The minimum atomic E-state index is -0.108. The number of aryl methyl sites for hydroxylation is 3. The number of anilines is 1. The highest BCUT2D eigenvalue weighted by Crippen LogP contribution is 2.24. The van der Waals surface area contributed by atoms with Gasteiger partial charge < -0.3 is 9.84 Å². The first-order chi connectivity index (χ1) is 13.0. The van der Waals surface area contributed by atoms with Crippen molar-refractivity contribution in [2.45, 2.75) is 27.2 Å². The Balaban J connectivity index is 1.60. The Labute approximate surface area is 156 Å². The van der Waals surface area contributed by atoms with Crippen molar-refractivity contribution in [3.05, 3.63) is 71.4 Å². The SMILES string of the molecule is Cc1noc(C)c1CC(=O)Nc1ccc2c(c1)nc(C)n2-c1ccccc1. The number of benzene rings is 2. The topological polar surface area (TPSA) is 73.0 Å². The van der Waals surface area contributed by atoms with Gasteiger partial charge in [-0.15, -0.1) is 0 Å². The van der Waals surface area contributed by atoms with E-state index >= 15 is 0 Å². The summed E-state index contributed by atoms with van der Waals surface area (Å²) in [5.74, 6) is 1.47. The molecule has 0 bridgehead atoms. The molecule has 2 aromatic carbocycles. The lowest BCUT2D eigenvalue weighted by Crippen LogP contribution is -2.15. The van der Waals surface area contributed by atoms with Gasteiger partial charge in [0.25, 0.3) is 0 Å². The van der Waals surface area contributed by atoms with Gasteiger partial charge in [-0.25, -0.2) is 4.98 Å². The second kappa shape index (κ2) is 6.72. The Morgan fingerprint density at radius 2 is 1.89 bits per heavy atom. The average molecular weight is 360 g/mol. The number of aromatic nitrogens is 3. The molecule has 27 heavy (non-hydrogen) atoms. The molecule has 0 saturated carbocycles. The summed E-state index contributed by atoms with van der Waals surface area (Å²) in [4.78, 5) is 17.1. The van der Waals surface area contributed by atoms with Crippen molar-refractivity contribution in [3.8, 4) is 5.69 Å². The van der Waals surface area contributed by atoms with Gasteiger partial charge in [-0.2, -0.15) is 0 Å². The summed E-state index contributed by atoms with van der Waals surface area (Å²) in [5, 5.41) is 6.83. The van der Waals surface area contributed by atoms with Crippen molar-refractivity contribution in [2.24, 2.45) is 0 Å². The van der Waals surface area contributed by atoms with Crippen molar-refractivity contribution in [1.29, 1.82) is 0 Å². The fourth-order valence-corrected chi connectivity index (χ4v) is 3.30. The quantitative estimate of drug-likeness (QED) is 0.594. The number of hydrogen-bond acceptors (Lipinski definition) is 4. The van der Waals surface area contributed by atoms with Gasteiger partial charge in [0, 0.05) is 16.9 Å². The van der Waals surface area contributed by atoms with E-state index in [2.05, 4.69) is 20.0 Å². The van der Waals surface area contributed by atoms with Gasteiger partial charge >= 0.3 is 0 Å². The normalized spacial score (nSPS) is 11.1. The van der Waals surface area contributed by atoms with Crippen LogP contribution in [0.3, 0.4) is 0 Å². The van der Waals surface area contributed by atoms with E-state index in [0.29, 0.717) is 5.76 Å². The fourth-order valence-electron chi connectivity index (χ4n) is 3.30. The number of para-hydroxylation sites is 1. The summed E-state index contributed by atoms with van der Waals surface area (Å²) in [6.07, 6.45) is 0.233. The zero-order valence-corrected chi connectivity index (χ0v) is 15.5. The monoisotopic (exact) mass is 360 g/mol. The molecule has 2 heterocycles. The largest absolute Gasteiger partial charge is 0.361 e. The number of carbonyl (C=O) groups excluding carboxylic acids is 1. The maximum atomic E-state index is 12.4. The van der Waals surface area contributed by atoms with Crippen molar-refractivity contribution in [1.82, 2.24) is 14.7 Å². The van der Waals surface area contributed by atoms with Crippen LogP contribution < -0.4 is 5.32 Å². The lowest BCUT2D eigenvalue weighted by atomic mass is 10.1. The predicted octanol–water partition coefficient (Wildman–Crippen LogP) is 4.12. The Hall–Kier alpha value is -3.41. The minimum absolute atomic E-state index is 0.108. The van der Waals surface area contributed by atoms with Gasteiger partial charge in [-0.1, -0.05) is 23.4 Å². The number of fused-ring (bicyclic) bond motifs is 1. The van der Waals surface area contributed by atoms with Crippen LogP contribution in [0.5, 0.6) is 0 Å². The highest BCUT2D eigenvalue weighted by atomic mass is 16.5. The molecular weight excluding hydrogens is 340 g/mol. The molecule has 0 spiro atoms. The van der Waals surface area contributed by atoms with Crippen LogP contribution in [0, 0.1) is 20.8 Å². The van der Waals surface area contributed by atoms with E-state index in [4.69, 9.17) is 4.52 Å². The third-order valence-corrected chi connectivity index (χ3v) is 4.64. The maximum Gasteiger partial charge on any atom is 0.229 e. The molecule has 0 radical (unpaired) electrons. The first-order valence-corrected chi connectivity index (χ1v) is 8.79. The van der Waals surface area contributed by atoms with E-state index in [0.717, 1.165) is 39.5 Å². The molecular formula is C21H20N4O2. The van der Waals surface area contributed by atoms with Gasteiger partial charge in [0.2, 0.25) is 5.91 Å². The summed E-state index contributed by atoms with van der Waals surface area (Å²) < 4.78 is 7.22. The highest BCUT2D eigenvalue weighted by molar-refractivity contribution is 5.94. The van der Waals surface area contributed by atoms with Crippen LogP contribution in [0.25, 0.3) is 16.7 Å². The Kier molecular flexibility index (Phi) is 4.24. The van der Waals surface area contributed by atoms with Crippen molar-refractivity contribution in [2.75, 3.05) is 5.32 Å². The number of nitrogens with zero attached hydrogens (tertiary/aromatic N) is 3. The molecule has 136 valence electrons. The van der Waals surface area contributed by atoms with Crippen LogP contribution in [0.1, 0.15) is 22.8 Å². The van der Waals surface area contributed by atoms with E-state index in [1.165, 1.54) is 0 Å². The summed E-state index contributed by atoms with van der Waals surface area (Å²) in [5.41, 5.74) is 5.20. The Bertz CT molecular complexity index is 1110. The summed E-state index contributed by atoms with van der Waals surface area (Å²) in [6.45, 7) is 5.63. The molecule has 6 heteroatoms. The number of imidazole rings is 1. The Morgan fingerprint density at radius 1 is 1.11 bits per heavy atom. The standard InChI is InChI=1S/C21H20N4O2/c1-13-18(14(2)27-24-13)12-21(26)23-16-9-10-20-19(11-16)22-15(3)25(20)17-7-5-4-6-8-17/h4-11H,12H2,1-3H3,(H,23,26). The average Bonchev–Trinajstić information content (AvgIpc) is 3.15. The van der Waals surface area contributed by atoms with Crippen LogP contribution in [0.4, 0.5) is 5.69 Å². The van der Waals surface area contributed by atoms with Crippen LogP contribution >= 0.6 is 0 Å². The molecule has 0 fully saturated rings. The number of amides is 1. The van der Waals surface area contributed by atoms with Crippen molar-refractivity contribution in [3.63, 3.8) is 0 Å². The number of hydrogen-bond donors (Lipinski definition) is 1. The van der Waals surface area contributed by atoms with Crippen LogP contribution in [-0.2, 0) is 11.2 Å². The molecule has 0 unspecified atom stereocenters. The van der Waals surface area contributed by atoms with Crippen molar-refractivity contribution < 1.29 is 9.32 Å². The van der Waals surface area contributed by atoms with Gasteiger partial charge in [0.15, 0.2) is 0 Å². The lowest BCUT2D eigenvalue weighted by molar-refractivity contribution is -0.115. The third-order valence-electron chi connectivity index (χ3n) is 4.64. The van der Waals surface area contributed by atoms with Gasteiger partial charge in [0.1, 0.15) is 11.6 Å². The van der Waals surface area contributed by atoms with E-state index in [9.17, 15) is 4.79 Å². The van der Waals surface area contributed by atoms with Crippen molar-refractivity contribution >= 4 is 22.6 Å². The molecule has 0 aliphatic carbocycles. The van der Waals surface area contributed by atoms with Crippen LogP contribution in [-0.4, -0.2) is 20.6 Å². The first kappa shape index (κ1) is 17.0. The Morgan fingerprint density at radius 3 is 2.59 bits per heavy atom. The third kappa shape index (κ3) is 3.21. The fraction of sp³-hybridized carbons (Fsp3) is 0.190. The van der Waals surface area contributed by atoms with Gasteiger partial charge in [-0.3, -0.25) is 9.36 Å². The molecule has 6 nitrogen and oxygen atoms in total. The molecule has 0 aliphatic rings. The van der Waals surface area contributed by atoms with Gasteiger partial charge in [0.05, 0.1) is 23.1 Å². The molecule has 4 aromatic rings. The highest BCUT2D eigenvalue weighted by Gasteiger charge is 2.15. The van der Waals surface area contributed by atoms with Crippen LogP contribution in [0.2, 0.25) is 0 Å². The van der Waals surface area contributed by atoms with E-state index < -0.39 is 0 Å². The molecule has 0 aliphatic heterocycles. The maximum absolute atomic E-state index is 12.4. The molecule has 0 saturated heterocycles. The number of nitrogens with one attached hydrogen (secondary N) is 1. The van der Waals surface area contributed by atoms with E-state index in [1.807, 2.05) is 69.3 Å². The molecule has 4 rings (SSSR count). The second-order valence-corrected chi connectivity index (χ2v) is 6.56. The summed E-state index contributed by atoms with van der Waals surface area (Å²) in [6, 6.07) is 15.9. The second-order valence-electron chi connectivity index (χ2n) is 6.56. The van der Waals surface area contributed by atoms with E-state index in [1.54, 1.807) is 0 Å². The summed E-state index contributed by atoms with van der Waals surface area (Å²) >= 11 is 0. The first-order valence-electron chi connectivity index (χ1n) is 8.79. The molecule has 1 amide bonds. The van der Waals surface area contributed by atoms with Crippen LogP contribution in [0.15, 0.2) is 53.1 Å². The molecule has 0 atom stereocenters. The molecule has 2 aromatic heterocycles. The predicted molar refractivity (Wildman–Crippen MR) is 104 cm³/mol. The smallest absolute Gasteiger partial charge is 0.229 e. The summed E-state index contributed by atoms with van der Waals surface area (Å²) in [7, 11) is 0.